The van der Waals surface area contributed by atoms with Crippen LogP contribution in [0.3, 0.4) is 0 Å². The van der Waals surface area contributed by atoms with Crippen molar-refractivity contribution in [3.05, 3.63) is 42.0 Å². The zero-order chi connectivity index (χ0) is 13.7. The maximum absolute atomic E-state index is 14.0. The van der Waals surface area contributed by atoms with Crippen molar-refractivity contribution in [1.82, 2.24) is 10.1 Å². The number of hydrogen-bond acceptors (Lipinski definition) is 6. The Kier molecular flexibility index (Phi) is 3.74. The Morgan fingerprint density at radius 1 is 1.58 bits per heavy atom. The van der Waals surface area contributed by atoms with Gasteiger partial charge in [0.25, 0.3) is 12.3 Å². The summed E-state index contributed by atoms with van der Waals surface area (Å²) in [5.74, 6) is -2.21. The van der Waals surface area contributed by atoms with E-state index in [1.54, 1.807) is 6.07 Å². The van der Waals surface area contributed by atoms with Crippen molar-refractivity contribution in [1.29, 1.82) is 0 Å². The molecule has 0 spiro atoms. The third-order valence-electron chi connectivity index (χ3n) is 2.49. The number of carbonyl (C=O) groups excluding carboxylic acids is 1. The zero-order valence-corrected chi connectivity index (χ0v) is 10.2. The van der Waals surface area contributed by atoms with E-state index in [1.807, 2.05) is 0 Å². The molecule has 0 amide bonds. The predicted octanol–water partition coefficient (Wildman–Crippen LogP) is 2.00. The van der Waals surface area contributed by atoms with E-state index in [0.29, 0.717) is 17.9 Å². The van der Waals surface area contributed by atoms with E-state index >= 15 is 0 Å². The molecule has 19 heavy (non-hydrogen) atoms. The van der Waals surface area contributed by atoms with E-state index in [4.69, 9.17) is 0 Å². The van der Waals surface area contributed by atoms with Crippen molar-refractivity contribution in [2.75, 3.05) is 5.32 Å². The first-order valence-electron chi connectivity index (χ1n) is 5.51. The molecule has 0 radical (unpaired) electrons. The van der Waals surface area contributed by atoms with Gasteiger partial charge in [-0.05, 0) is 6.07 Å². The Hall–Kier alpha value is -2.44. The number of aromatic nitrogens is 2. The summed E-state index contributed by atoms with van der Waals surface area (Å²) in [7, 11) is 0. The summed E-state index contributed by atoms with van der Waals surface area (Å²) in [6, 6.07) is 3.22. The van der Waals surface area contributed by atoms with Gasteiger partial charge in [0.15, 0.2) is 0 Å². The number of hydrogen-bond donors (Lipinski definition) is 1. The van der Waals surface area contributed by atoms with Gasteiger partial charge in [-0.1, -0.05) is 5.16 Å². The summed E-state index contributed by atoms with van der Waals surface area (Å²) in [5, 5.41) is 6.74. The zero-order valence-electron chi connectivity index (χ0n) is 10.2. The molecule has 0 saturated heterocycles. The molecule has 0 saturated carbocycles. The Labute approximate surface area is 108 Å². The van der Waals surface area contributed by atoms with Crippen molar-refractivity contribution in [2.45, 2.75) is 19.3 Å². The van der Waals surface area contributed by atoms with Crippen LogP contribution in [0.2, 0.25) is 0 Å². The summed E-state index contributed by atoms with van der Waals surface area (Å²) in [6.07, 6.45) is 4.29. The van der Waals surface area contributed by atoms with Gasteiger partial charge in [0.2, 0.25) is 0 Å². The summed E-state index contributed by atoms with van der Waals surface area (Å²) >= 11 is 0. The fourth-order valence-electron chi connectivity index (χ4n) is 1.46. The Bertz CT molecular complexity index is 543. The van der Waals surface area contributed by atoms with Crippen molar-refractivity contribution in [3.8, 4) is 0 Å². The third kappa shape index (κ3) is 3.27. The lowest BCUT2D eigenvalue weighted by atomic mass is 10.1. The predicted molar refractivity (Wildman–Crippen MR) is 63.7 cm³/mol. The van der Waals surface area contributed by atoms with Crippen LogP contribution >= 0.6 is 0 Å². The Balaban J connectivity index is 2.08. The molecule has 1 unspecified atom stereocenters. The fourth-order valence-corrected chi connectivity index (χ4v) is 1.46. The number of alkyl halides is 1. The van der Waals surface area contributed by atoms with Crippen LogP contribution in [0.15, 0.2) is 35.3 Å². The van der Waals surface area contributed by atoms with Crippen LogP contribution in [0, 0.1) is 0 Å². The molecule has 2 rings (SSSR count). The Morgan fingerprint density at radius 2 is 2.42 bits per heavy atom. The van der Waals surface area contributed by atoms with E-state index in [1.165, 1.54) is 24.7 Å². The molecule has 0 aliphatic rings. The van der Waals surface area contributed by atoms with Crippen LogP contribution in [0.5, 0.6) is 0 Å². The van der Waals surface area contributed by atoms with E-state index in [-0.39, 0.29) is 12.0 Å². The molecule has 6 nitrogen and oxygen atoms in total. The van der Waals surface area contributed by atoms with Crippen molar-refractivity contribution in [2.24, 2.45) is 0 Å². The first kappa shape index (κ1) is 13.0. The molecular weight excluding hydrogens is 253 g/mol. The maximum atomic E-state index is 14.0. The number of halogens is 1. The average Bonchev–Trinajstić information content (AvgIpc) is 2.90. The van der Waals surface area contributed by atoms with Gasteiger partial charge >= 0.3 is 0 Å². The second kappa shape index (κ2) is 5.47. The van der Waals surface area contributed by atoms with Crippen molar-refractivity contribution in [3.63, 3.8) is 0 Å². The smallest absolute Gasteiger partial charge is 0.296 e. The summed E-state index contributed by atoms with van der Waals surface area (Å²) in [4.78, 5) is 14.1. The molecule has 0 aliphatic heterocycles. The second-order valence-electron chi connectivity index (χ2n) is 3.94. The normalized spacial score (nSPS) is 13.6. The third-order valence-corrected chi connectivity index (χ3v) is 2.49. The fraction of sp³-hybridized carbons (Fsp3) is 0.250. The van der Waals surface area contributed by atoms with E-state index in [0.717, 1.165) is 6.92 Å². The van der Waals surface area contributed by atoms with Crippen molar-refractivity contribution < 1.29 is 18.4 Å². The van der Waals surface area contributed by atoms with Crippen LogP contribution in [-0.2, 0) is 21.9 Å². The summed E-state index contributed by atoms with van der Waals surface area (Å²) in [5.41, 5.74) is 1.43. The topological polar surface area (TPSA) is 77.2 Å². The van der Waals surface area contributed by atoms with Crippen LogP contribution in [-0.4, -0.2) is 16.6 Å². The van der Waals surface area contributed by atoms with E-state index in [9.17, 15) is 9.18 Å². The Morgan fingerprint density at radius 3 is 3.11 bits per heavy atom. The van der Waals surface area contributed by atoms with Gasteiger partial charge in [0, 0.05) is 30.9 Å². The number of anilines is 1. The van der Waals surface area contributed by atoms with Crippen LogP contribution < -0.4 is 5.32 Å². The number of ether oxygens (including phenoxy) is 1. The average molecular weight is 265 g/mol. The van der Waals surface area contributed by atoms with E-state index < -0.39 is 5.85 Å². The van der Waals surface area contributed by atoms with Crippen LogP contribution in [0.25, 0.3) is 0 Å². The van der Waals surface area contributed by atoms with Crippen LogP contribution in [0.1, 0.15) is 18.2 Å². The lowest BCUT2D eigenvalue weighted by Crippen LogP contribution is -2.19. The second-order valence-corrected chi connectivity index (χ2v) is 3.94. The molecule has 1 atom stereocenters. The highest BCUT2D eigenvalue weighted by Gasteiger charge is 2.28. The van der Waals surface area contributed by atoms with Gasteiger partial charge in [-0.2, -0.15) is 4.39 Å². The molecule has 0 aliphatic carbocycles. The monoisotopic (exact) mass is 265 g/mol. The number of carbonyl (C=O) groups is 1. The molecule has 0 bridgehead atoms. The SMILES string of the molecule is CC(F)(OC=O)c1cncc(NCc2ccon2)c1. The molecule has 2 aromatic heterocycles. The molecule has 7 heteroatoms. The minimum atomic E-state index is -2.21. The molecule has 2 aromatic rings. The minimum absolute atomic E-state index is 0.0650. The molecule has 0 aromatic carbocycles. The van der Waals surface area contributed by atoms with E-state index in [2.05, 4.69) is 24.7 Å². The highest BCUT2D eigenvalue weighted by atomic mass is 19.2. The molecule has 0 fully saturated rings. The quantitative estimate of drug-likeness (QED) is 0.805. The lowest BCUT2D eigenvalue weighted by molar-refractivity contribution is -0.164. The van der Waals surface area contributed by atoms with Gasteiger partial charge in [0.1, 0.15) is 12.0 Å². The minimum Gasteiger partial charge on any atom is -0.427 e. The first-order chi connectivity index (χ1) is 9.12. The molecule has 100 valence electrons. The van der Waals surface area contributed by atoms with Gasteiger partial charge in [-0.3, -0.25) is 9.78 Å². The molecule has 1 N–H and O–H groups in total. The largest absolute Gasteiger partial charge is 0.427 e. The van der Waals surface area contributed by atoms with Gasteiger partial charge in [0.05, 0.1) is 12.2 Å². The van der Waals surface area contributed by atoms with Gasteiger partial charge in [-0.25, -0.2) is 0 Å². The van der Waals surface area contributed by atoms with Crippen molar-refractivity contribution >= 4 is 12.2 Å². The van der Waals surface area contributed by atoms with Gasteiger partial charge in [-0.15, -0.1) is 0 Å². The highest BCUT2D eigenvalue weighted by Crippen LogP contribution is 2.27. The van der Waals surface area contributed by atoms with Crippen LogP contribution in [0.4, 0.5) is 10.1 Å². The first-order valence-corrected chi connectivity index (χ1v) is 5.51. The number of rotatable bonds is 6. The lowest BCUT2D eigenvalue weighted by Gasteiger charge is -2.18. The summed E-state index contributed by atoms with van der Waals surface area (Å²) < 4.78 is 23.0. The standard InChI is InChI=1S/C12H12FN3O3/c1-12(13,18-8-17)9-4-11(6-14-5-9)15-7-10-2-3-19-16-10/h2-6,8,15H,7H2,1H3. The molecular formula is C12H12FN3O3. The number of nitrogens with zero attached hydrogens (tertiary/aromatic N) is 2. The number of pyridine rings is 1. The highest BCUT2D eigenvalue weighted by molar-refractivity contribution is 5.45. The van der Waals surface area contributed by atoms with Gasteiger partial charge < -0.3 is 14.6 Å². The maximum Gasteiger partial charge on any atom is 0.296 e. The molecule has 2 heterocycles. The summed E-state index contributed by atoms with van der Waals surface area (Å²) in [6.45, 7) is 1.62. The number of nitrogens with one attached hydrogen (secondary N) is 1.